The third kappa shape index (κ3) is 0.857. The van der Waals surface area contributed by atoms with E-state index in [4.69, 9.17) is 0 Å². The second-order valence-electron chi connectivity index (χ2n) is 3.72. The Morgan fingerprint density at radius 3 is 2.92 bits per heavy atom. The van der Waals surface area contributed by atoms with Gasteiger partial charge in [-0.1, -0.05) is 0 Å². The SMILES string of the molecule is O=C1CCc2c1ccc1c2CCN1. The molecule has 1 aromatic carbocycles. The first-order chi connectivity index (χ1) is 6.36. The number of ketones is 1. The van der Waals surface area contributed by atoms with Crippen molar-refractivity contribution in [1.29, 1.82) is 0 Å². The smallest absolute Gasteiger partial charge is 0.163 e. The summed E-state index contributed by atoms with van der Waals surface area (Å²) in [5.41, 5.74) is 4.92. The molecule has 0 radical (unpaired) electrons. The summed E-state index contributed by atoms with van der Waals surface area (Å²) in [5.74, 6) is 0.324. The summed E-state index contributed by atoms with van der Waals surface area (Å²) in [5, 5.41) is 3.33. The Balaban J connectivity index is 2.26. The molecule has 1 aliphatic carbocycles. The molecule has 0 amide bonds. The molecule has 1 N–H and O–H groups in total. The largest absolute Gasteiger partial charge is 0.384 e. The molecule has 1 aliphatic heterocycles. The van der Waals surface area contributed by atoms with Crippen molar-refractivity contribution in [2.24, 2.45) is 0 Å². The average molecular weight is 173 g/mol. The van der Waals surface area contributed by atoms with Gasteiger partial charge in [-0.3, -0.25) is 4.79 Å². The van der Waals surface area contributed by atoms with Crippen LogP contribution >= 0.6 is 0 Å². The van der Waals surface area contributed by atoms with Crippen LogP contribution in [0.25, 0.3) is 0 Å². The minimum Gasteiger partial charge on any atom is -0.384 e. The van der Waals surface area contributed by atoms with E-state index in [2.05, 4.69) is 5.32 Å². The summed E-state index contributed by atoms with van der Waals surface area (Å²) in [6, 6.07) is 4.02. The van der Waals surface area contributed by atoms with Crippen molar-refractivity contribution in [2.75, 3.05) is 11.9 Å². The van der Waals surface area contributed by atoms with Gasteiger partial charge in [0.1, 0.15) is 0 Å². The fourth-order valence-corrected chi connectivity index (χ4v) is 2.39. The summed E-state index contributed by atoms with van der Waals surface area (Å²) >= 11 is 0. The van der Waals surface area contributed by atoms with E-state index >= 15 is 0 Å². The molecule has 3 rings (SSSR count). The van der Waals surface area contributed by atoms with Gasteiger partial charge in [0.2, 0.25) is 0 Å². The number of carbonyl (C=O) groups is 1. The van der Waals surface area contributed by atoms with Crippen LogP contribution in [0.15, 0.2) is 12.1 Å². The fourth-order valence-electron chi connectivity index (χ4n) is 2.39. The maximum Gasteiger partial charge on any atom is 0.163 e. The lowest BCUT2D eigenvalue weighted by molar-refractivity contribution is 0.0994. The Hall–Kier alpha value is -1.31. The van der Waals surface area contributed by atoms with E-state index in [0.717, 1.165) is 24.9 Å². The van der Waals surface area contributed by atoms with Crippen molar-refractivity contribution in [2.45, 2.75) is 19.3 Å². The van der Waals surface area contributed by atoms with Gasteiger partial charge in [0, 0.05) is 24.2 Å². The first-order valence-electron chi connectivity index (χ1n) is 4.78. The third-order valence-corrected chi connectivity index (χ3v) is 3.02. The Kier molecular flexibility index (Phi) is 1.29. The highest BCUT2D eigenvalue weighted by molar-refractivity contribution is 6.01. The van der Waals surface area contributed by atoms with Crippen LogP contribution in [0.2, 0.25) is 0 Å². The first-order valence-corrected chi connectivity index (χ1v) is 4.78. The van der Waals surface area contributed by atoms with Gasteiger partial charge < -0.3 is 5.32 Å². The summed E-state index contributed by atoms with van der Waals surface area (Å²) in [4.78, 5) is 11.4. The molecule has 66 valence electrons. The predicted octanol–water partition coefficient (Wildman–Crippen LogP) is 1.78. The van der Waals surface area contributed by atoms with Crippen molar-refractivity contribution in [3.63, 3.8) is 0 Å². The van der Waals surface area contributed by atoms with Crippen molar-refractivity contribution in [1.82, 2.24) is 0 Å². The summed E-state index contributed by atoms with van der Waals surface area (Å²) < 4.78 is 0. The van der Waals surface area contributed by atoms with Crippen LogP contribution < -0.4 is 5.32 Å². The number of hydrogen-bond acceptors (Lipinski definition) is 2. The quantitative estimate of drug-likeness (QED) is 0.648. The van der Waals surface area contributed by atoms with Gasteiger partial charge in [-0.2, -0.15) is 0 Å². The van der Waals surface area contributed by atoms with Crippen molar-refractivity contribution < 1.29 is 4.79 Å². The number of benzene rings is 1. The third-order valence-electron chi connectivity index (χ3n) is 3.02. The summed E-state index contributed by atoms with van der Waals surface area (Å²) in [7, 11) is 0. The Morgan fingerprint density at radius 2 is 2.00 bits per heavy atom. The van der Waals surface area contributed by atoms with Crippen LogP contribution in [0.4, 0.5) is 5.69 Å². The van der Waals surface area contributed by atoms with Crippen LogP contribution in [0.1, 0.15) is 27.9 Å². The van der Waals surface area contributed by atoms with E-state index in [1.807, 2.05) is 12.1 Å². The van der Waals surface area contributed by atoms with Crippen LogP contribution in [-0.4, -0.2) is 12.3 Å². The number of anilines is 1. The highest BCUT2D eigenvalue weighted by Gasteiger charge is 2.25. The van der Waals surface area contributed by atoms with Crippen molar-refractivity contribution >= 4 is 11.5 Å². The predicted molar refractivity (Wildman–Crippen MR) is 51.3 cm³/mol. The minimum atomic E-state index is 0.324. The van der Waals surface area contributed by atoms with Gasteiger partial charge in [-0.25, -0.2) is 0 Å². The molecule has 0 aromatic heterocycles. The number of nitrogens with one attached hydrogen (secondary N) is 1. The van der Waals surface area contributed by atoms with E-state index in [-0.39, 0.29) is 0 Å². The van der Waals surface area contributed by atoms with E-state index in [1.165, 1.54) is 16.8 Å². The molecule has 0 saturated carbocycles. The lowest BCUT2D eigenvalue weighted by Crippen LogP contribution is -1.93. The van der Waals surface area contributed by atoms with Crippen molar-refractivity contribution in [3.05, 3.63) is 28.8 Å². The zero-order chi connectivity index (χ0) is 8.84. The van der Waals surface area contributed by atoms with Crippen LogP contribution in [0.3, 0.4) is 0 Å². The second-order valence-corrected chi connectivity index (χ2v) is 3.72. The molecule has 13 heavy (non-hydrogen) atoms. The van der Waals surface area contributed by atoms with Gasteiger partial charge in [0.15, 0.2) is 5.78 Å². The van der Waals surface area contributed by atoms with Gasteiger partial charge in [-0.05, 0) is 36.1 Å². The topological polar surface area (TPSA) is 29.1 Å². The first kappa shape index (κ1) is 7.13. The molecular formula is C11H11NO. The molecule has 0 unspecified atom stereocenters. The summed E-state index contributed by atoms with van der Waals surface area (Å²) in [6.45, 7) is 1.03. The molecule has 0 bridgehead atoms. The van der Waals surface area contributed by atoms with Gasteiger partial charge in [0.25, 0.3) is 0 Å². The molecule has 1 aromatic rings. The Morgan fingerprint density at radius 1 is 1.08 bits per heavy atom. The zero-order valence-corrected chi connectivity index (χ0v) is 7.39. The fraction of sp³-hybridized carbons (Fsp3) is 0.364. The monoisotopic (exact) mass is 173 g/mol. The van der Waals surface area contributed by atoms with Gasteiger partial charge >= 0.3 is 0 Å². The van der Waals surface area contributed by atoms with Crippen molar-refractivity contribution in [3.8, 4) is 0 Å². The summed E-state index contributed by atoms with van der Waals surface area (Å²) in [6.07, 6.45) is 2.76. The lowest BCUT2D eigenvalue weighted by atomic mass is 10.0. The number of hydrogen-bond donors (Lipinski definition) is 1. The molecule has 1 heterocycles. The minimum absolute atomic E-state index is 0.324. The molecule has 0 spiro atoms. The van der Waals surface area contributed by atoms with E-state index in [1.54, 1.807) is 0 Å². The van der Waals surface area contributed by atoms with E-state index in [9.17, 15) is 4.79 Å². The van der Waals surface area contributed by atoms with Crippen LogP contribution in [0.5, 0.6) is 0 Å². The Bertz CT molecular complexity index is 395. The molecular weight excluding hydrogens is 162 g/mol. The molecule has 0 fully saturated rings. The molecule has 2 aliphatic rings. The highest BCUT2D eigenvalue weighted by atomic mass is 16.1. The average Bonchev–Trinajstić information content (AvgIpc) is 2.70. The van der Waals surface area contributed by atoms with Gasteiger partial charge in [-0.15, -0.1) is 0 Å². The zero-order valence-electron chi connectivity index (χ0n) is 7.39. The molecule has 0 atom stereocenters. The number of Topliss-reactive ketones (excluding diaryl/α,β-unsaturated/α-hetero) is 1. The number of fused-ring (bicyclic) bond motifs is 3. The molecule has 0 saturated heterocycles. The maximum absolute atomic E-state index is 11.4. The maximum atomic E-state index is 11.4. The number of carbonyl (C=O) groups excluding carboxylic acids is 1. The van der Waals surface area contributed by atoms with E-state index in [0.29, 0.717) is 12.2 Å². The lowest BCUT2D eigenvalue weighted by Gasteiger charge is -2.04. The molecule has 2 heteroatoms. The van der Waals surface area contributed by atoms with Gasteiger partial charge in [0.05, 0.1) is 0 Å². The highest BCUT2D eigenvalue weighted by Crippen LogP contribution is 2.33. The molecule has 2 nitrogen and oxygen atoms in total. The second kappa shape index (κ2) is 2.34. The number of rotatable bonds is 0. The van der Waals surface area contributed by atoms with E-state index < -0.39 is 0 Å². The standard InChI is InChI=1S/C11H11NO/c13-11-4-2-7-8-5-6-12-10(8)3-1-9(7)11/h1,3,12H,2,4-6H2. The van der Waals surface area contributed by atoms with Crippen LogP contribution in [-0.2, 0) is 12.8 Å². The Labute approximate surface area is 77.0 Å². The van der Waals surface area contributed by atoms with Crippen LogP contribution in [0, 0.1) is 0 Å². The normalized spacial score (nSPS) is 18.3.